The number of carbonyl (C=O) groups is 1. The Balaban J connectivity index is 2.32. The van der Waals surface area contributed by atoms with E-state index in [1.54, 1.807) is 7.11 Å². The monoisotopic (exact) mass is 205 g/mol. The molecule has 0 spiro atoms. The van der Waals surface area contributed by atoms with Gasteiger partial charge >= 0.3 is 0 Å². The minimum Gasteiger partial charge on any atom is -0.497 e. The molecule has 0 radical (unpaired) electrons. The van der Waals surface area contributed by atoms with Crippen LogP contribution in [0.15, 0.2) is 24.3 Å². The van der Waals surface area contributed by atoms with Crippen molar-refractivity contribution < 1.29 is 9.53 Å². The number of Topliss-reactive ketones (excluding diaryl/α,β-unsaturated/α-hetero) is 1. The van der Waals surface area contributed by atoms with Crippen molar-refractivity contribution in [2.24, 2.45) is 0 Å². The van der Waals surface area contributed by atoms with Crippen molar-refractivity contribution in [1.29, 1.82) is 0 Å². The van der Waals surface area contributed by atoms with E-state index in [-0.39, 0.29) is 11.3 Å². The Bertz CT molecular complexity index is 389. The first kappa shape index (κ1) is 10.2. The predicted octanol–water partition coefficient (Wildman–Crippen LogP) is 1.47. The lowest BCUT2D eigenvalue weighted by molar-refractivity contribution is -0.116. The molecule has 3 nitrogen and oxygen atoms in total. The molecule has 1 N–H and O–H groups in total. The molecule has 80 valence electrons. The normalized spacial score (nSPS) is 25.6. The van der Waals surface area contributed by atoms with E-state index in [0.29, 0.717) is 13.0 Å². The van der Waals surface area contributed by atoms with E-state index in [0.717, 1.165) is 11.3 Å². The number of hydrogen-bond acceptors (Lipinski definition) is 3. The van der Waals surface area contributed by atoms with Crippen molar-refractivity contribution in [2.75, 3.05) is 13.7 Å². The number of ether oxygens (including phenoxy) is 1. The van der Waals surface area contributed by atoms with Crippen LogP contribution < -0.4 is 10.1 Å². The van der Waals surface area contributed by atoms with Crippen molar-refractivity contribution in [1.82, 2.24) is 5.32 Å². The lowest BCUT2D eigenvalue weighted by Crippen LogP contribution is -2.32. The molecule has 1 aromatic rings. The lowest BCUT2D eigenvalue weighted by Gasteiger charge is -2.24. The fraction of sp³-hybridized carbons (Fsp3) is 0.417. The molecular weight excluding hydrogens is 190 g/mol. The van der Waals surface area contributed by atoms with Crippen LogP contribution in [-0.4, -0.2) is 19.4 Å². The van der Waals surface area contributed by atoms with Gasteiger partial charge in [-0.05, 0) is 24.6 Å². The van der Waals surface area contributed by atoms with Gasteiger partial charge in [-0.2, -0.15) is 0 Å². The fourth-order valence-corrected chi connectivity index (χ4v) is 1.98. The van der Waals surface area contributed by atoms with Gasteiger partial charge in [-0.3, -0.25) is 4.79 Å². The number of carbonyl (C=O) groups excluding carboxylic acids is 1. The molecule has 0 aliphatic carbocycles. The summed E-state index contributed by atoms with van der Waals surface area (Å²) in [5, 5.41) is 3.25. The Labute approximate surface area is 89.4 Å². The molecule has 3 heteroatoms. The van der Waals surface area contributed by atoms with Crippen molar-refractivity contribution in [2.45, 2.75) is 18.9 Å². The van der Waals surface area contributed by atoms with Crippen LogP contribution in [0.2, 0.25) is 0 Å². The van der Waals surface area contributed by atoms with E-state index in [9.17, 15) is 4.79 Å². The average molecular weight is 205 g/mol. The van der Waals surface area contributed by atoms with E-state index in [2.05, 4.69) is 5.32 Å². The number of rotatable bonds is 2. The van der Waals surface area contributed by atoms with Crippen molar-refractivity contribution in [3.05, 3.63) is 29.8 Å². The topological polar surface area (TPSA) is 38.3 Å². The number of nitrogens with one attached hydrogen (secondary N) is 1. The van der Waals surface area contributed by atoms with Crippen LogP contribution in [-0.2, 0) is 10.3 Å². The third-order valence-corrected chi connectivity index (χ3v) is 2.93. The molecule has 0 saturated carbocycles. The minimum atomic E-state index is -0.231. The summed E-state index contributed by atoms with van der Waals surface area (Å²) in [5.41, 5.74) is 0.874. The maximum atomic E-state index is 11.3. The van der Waals surface area contributed by atoms with Gasteiger partial charge in [-0.25, -0.2) is 0 Å². The zero-order chi connectivity index (χ0) is 10.9. The smallest absolute Gasteiger partial charge is 0.148 e. The number of benzene rings is 1. The Morgan fingerprint density at radius 2 is 2.27 bits per heavy atom. The van der Waals surface area contributed by atoms with Crippen molar-refractivity contribution in [3.8, 4) is 5.75 Å². The summed E-state index contributed by atoms with van der Waals surface area (Å²) < 4.78 is 5.17. The first-order valence-electron chi connectivity index (χ1n) is 5.05. The summed E-state index contributed by atoms with van der Waals surface area (Å²) in [5.74, 6) is 1.09. The molecule has 1 saturated heterocycles. The Morgan fingerprint density at radius 3 is 2.87 bits per heavy atom. The summed E-state index contributed by atoms with van der Waals surface area (Å²) in [6.45, 7) is 2.51. The maximum Gasteiger partial charge on any atom is 0.148 e. The van der Waals surface area contributed by atoms with E-state index in [4.69, 9.17) is 4.74 Å². The van der Waals surface area contributed by atoms with Crippen molar-refractivity contribution in [3.63, 3.8) is 0 Å². The van der Waals surface area contributed by atoms with E-state index in [1.165, 1.54) is 0 Å². The first-order chi connectivity index (χ1) is 7.14. The SMILES string of the molecule is COc1cccc(C2(C)CC(=O)CN2)c1. The first-order valence-corrected chi connectivity index (χ1v) is 5.05. The number of hydrogen-bond donors (Lipinski definition) is 1. The standard InChI is InChI=1S/C12H15NO2/c1-12(7-10(14)8-13-12)9-4-3-5-11(6-9)15-2/h3-6,13H,7-8H2,1-2H3. The van der Waals surface area contributed by atoms with Gasteiger partial charge in [0.1, 0.15) is 11.5 Å². The molecule has 15 heavy (non-hydrogen) atoms. The van der Waals surface area contributed by atoms with Gasteiger partial charge in [0.15, 0.2) is 0 Å². The highest BCUT2D eigenvalue weighted by Crippen LogP contribution is 2.30. The van der Waals surface area contributed by atoms with Gasteiger partial charge in [0.05, 0.1) is 13.7 Å². The third kappa shape index (κ3) is 1.88. The van der Waals surface area contributed by atoms with Crippen LogP contribution in [0.3, 0.4) is 0 Å². The zero-order valence-corrected chi connectivity index (χ0v) is 9.04. The largest absolute Gasteiger partial charge is 0.497 e. The Morgan fingerprint density at radius 1 is 1.47 bits per heavy atom. The summed E-state index contributed by atoms with van der Waals surface area (Å²) in [6, 6.07) is 7.85. The molecule has 1 unspecified atom stereocenters. The minimum absolute atomic E-state index is 0.231. The van der Waals surface area contributed by atoms with Crippen LogP contribution in [0.1, 0.15) is 18.9 Å². The van der Waals surface area contributed by atoms with Crippen LogP contribution in [0.5, 0.6) is 5.75 Å². The molecule has 2 rings (SSSR count). The van der Waals surface area contributed by atoms with Gasteiger partial charge in [-0.1, -0.05) is 12.1 Å². The van der Waals surface area contributed by atoms with E-state index < -0.39 is 0 Å². The molecule has 1 aromatic carbocycles. The van der Waals surface area contributed by atoms with Gasteiger partial charge < -0.3 is 10.1 Å². The molecular formula is C12H15NO2. The van der Waals surface area contributed by atoms with Gasteiger partial charge in [0, 0.05) is 12.0 Å². The molecule has 1 aliphatic rings. The van der Waals surface area contributed by atoms with Gasteiger partial charge in [0.2, 0.25) is 0 Å². The summed E-state index contributed by atoms with van der Waals surface area (Å²) in [7, 11) is 1.65. The van der Waals surface area contributed by atoms with E-state index >= 15 is 0 Å². The highest BCUT2D eigenvalue weighted by molar-refractivity contribution is 5.84. The summed E-state index contributed by atoms with van der Waals surface area (Å²) in [4.78, 5) is 11.3. The van der Waals surface area contributed by atoms with Gasteiger partial charge in [0.25, 0.3) is 0 Å². The average Bonchev–Trinajstić information content (AvgIpc) is 2.60. The number of methoxy groups -OCH3 is 1. The maximum absolute atomic E-state index is 11.3. The highest BCUT2D eigenvalue weighted by Gasteiger charge is 2.34. The Hall–Kier alpha value is -1.35. The Kier molecular flexibility index (Phi) is 2.49. The highest BCUT2D eigenvalue weighted by atomic mass is 16.5. The molecule has 1 atom stereocenters. The van der Waals surface area contributed by atoms with E-state index in [1.807, 2.05) is 31.2 Å². The quantitative estimate of drug-likeness (QED) is 0.794. The molecule has 1 heterocycles. The van der Waals surface area contributed by atoms with Crippen LogP contribution >= 0.6 is 0 Å². The fourth-order valence-electron chi connectivity index (χ4n) is 1.98. The van der Waals surface area contributed by atoms with Crippen LogP contribution in [0.25, 0.3) is 0 Å². The predicted molar refractivity (Wildman–Crippen MR) is 58.0 cm³/mol. The molecule has 0 bridgehead atoms. The van der Waals surface area contributed by atoms with Gasteiger partial charge in [-0.15, -0.1) is 0 Å². The summed E-state index contributed by atoms with van der Waals surface area (Å²) in [6.07, 6.45) is 0.556. The molecule has 0 amide bonds. The zero-order valence-electron chi connectivity index (χ0n) is 9.04. The molecule has 1 fully saturated rings. The second-order valence-electron chi connectivity index (χ2n) is 4.13. The summed E-state index contributed by atoms with van der Waals surface area (Å²) >= 11 is 0. The lowest BCUT2D eigenvalue weighted by atomic mass is 9.90. The van der Waals surface area contributed by atoms with Crippen LogP contribution in [0.4, 0.5) is 0 Å². The molecule has 0 aromatic heterocycles. The second kappa shape index (κ2) is 3.66. The third-order valence-electron chi connectivity index (χ3n) is 2.93. The molecule has 1 aliphatic heterocycles. The number of ketones is 1. The second-order valence-corrected chi connectivity index (χ2v) is 4.13. The van der Waals surface area contributed by atoms with Crippen LogP contribution in [0, 0.1) is 0 Å². The van der Waals surface area contributed by atoms with Crippen molar-refractivity contribution >= 4 is 5.78 Å².